The van der Waals surface area contributed by atoms with Crippen LogP contribution in [0.2, 0.25) is 0 Å². The summed E-state index contributed by atoms with van der Waals surface area (Å²) in [6, 6.07) is 33.9. The Morgan fingerprint density at radius 1 is 0.765 bits per heavy atom. The number of carbonyl (C=O) groups is 2. The molecule has 0 saturated heterocycles. The number of alkyl carbamates (subject to hydrolysis) is 1. The summed E-state index contributed by atoms with van der Waals surface area (Å²) in [6.45, 7) is 2.11. The number of aryl methyl sites for hydroxylation is 1. The summed E-state index contributed by atoms with van der Waals surface area (Å²) in [5.41, 5.74) is 2.36. The number of amides is 1. The van der Waals surface area contributed by atoms with Crippen LogP contribution in [0.5, 0.6) is 0 Å². The molecule has 4 bridgehead atoms. The van der Waals surface area contributed by atoms with E-state index in [0.29, 0.717) is 30.6 Å². The Kier molecular flexibility index (Phi) is 11.0. The first kappa shape index (κ1) is 35.5. The van der Waals surface area contributed by atoms with Crippen LogP contribution in [-0.4, -0.2) is 36.2 Å². The molecule has 4 aliphatic carbocycles. The molecule has 7 nitrogen and oxygen atoms in total. The smallest absolute Gasteiger partial charge is 0.408 e. The number of fused-ring (bicyclic) bond motifs is 1. The zero-order valence-electron chi connectivity index (χ0n) is 29.6. The van der Waals surface area contributed by atoms with Crippen molar-refractivity contribution in [2.24, 2.45) is 23.7 Å². The molecule has 4 aliphatic rings. The maximum atomic E-state index is 16.0. The van der Waals surface area contributed by atoms with Crippen molar-refractivity contribution in [2.45, 2.75) is 82.7 Å². The predicted octanol–water partition coefficient (Wildman–Crippen LogP) is 9.71. The Hall–Kier alpha value is -3.93. The van der Waals surface area contributed by atoms with Gasteiger partial charge in [0.25, 0.3) is 0 Å². The minimum absolute atomic E-state index is 0.0162. The van der Waals surface area contributed by atoms with E-state index in [2.05, 4.69) is 35.6 Å². The molecule has 4 aromatic carbocycles. The van der Waals surface area contributed by atoms with Crippen molar-refractivity contribution in [2.75, 3.05) is 12.8 Å². The van der Waals surface area contributed by atoms with E-state index < -0.39 is 30.8 Å². The van der Waals surface area contributed by atoms with Gasteiger partial charge in [-0.1, -0.05) is 103 Å². The lowest BCUT2D eigenvalue weighted by Gasteiger charge is -2.57. The van der Waals surface area contributed by atoms with Gasteiger partial charge in [-0.3, -0.25) is 9.36 Å². The molecule has 0 heterocycles. The van der Waals surface area contributed by atoms with E-state index in [0.717, 1.165) is 46.7 Å². The molecule has 8 heteroatoms. The van der Waals surface area contributed by atoms with Gasteiger partial charge in [-0.15, -0.1) is 0 Å². The van der Waals surface area contributed by atoms with E-state index in [1.165, 1.54) is 19.3 Å². The zero-order chi connectivity index (χ0) is 35.3. The van der Waals surface area contributed by atoms with E-state index in [9.17, 15) is 9.59 Å². The second kappa shape index (κ2) is 15.8. The van der Waals surface area contributed by atoms with Crippen molar-refractivity contribution in [3.05, 3.63) is 120 Å². The highest BCUT2D eigenvalue weighted by molar-refractivity contribution is 7.59. The molecule has 0 radical (unpaired) electrons. The minimum atomic E-state index is -3.80. The van der Waals surface area contributed by atoms with E-state index in [-0.39, 0.29) is 31.8 Å². The Morgan fingerprint density at radius 3 is 2.02 bits per heavy atom. The van der Waals surface area contributed by atoms with E-state index in [1.807, 2.05) is 72.8 Å². The first-order valence-electron chi connectivity index (χ1n) is 18.7. The van der Waals surface area contributed by atoms with Crippen molar-refractivity contribution >= 4 is 30.2 Å². The van der Waals surface area contributed by atoms with E-state index >= 15 is 4.57 Å². The van der Waals surface area contributed by atoms with Crippen LogP contribution >= 0.6 is 7.37 Å². The zero-order valence-corrected chi connectivity index (χ0v) is 30.5. The van der Waals surface area contributed by atoms with Crippen molar-refractivity contribution in [1.29, 1.82) is 0 Å². The summed E-state index contributed by atoms with van der Waals surface area (Å²) in [7, 11) is -3.80. The summed E-state index contributed by atoms with van der Waals surface area (Å²) >= 11 is 0. The van der Waals surface area contributed by atoms with Crippen LogP contribution in [-0.2, 0) is 42.8 Å². The molecule has 0 aromatic heterocycles. The standard InChI is InChI=1S/C43H50NO6P/c1-2-48-41(45)39(20-18-32-17-19-37-15-9-10-16-38(37)24-32)30-51(47,50-43-26-34-21-35(27-43)23-36(22-34)28-43)40(25-31-11-5-3-6-12-31)44-42(46)49-29-33-13-7-4-8-14-33/h3-17,19,24,34-36,39-40H,2,18,20-23,25-30H2,1H3,(H,44,46). The van der Waals surface area contributed by atoms with Gasteiger partial charge in [0.2, 0.25) is 7.37 Å². The Labute approximate surface area is 301 Å². The minimum Gasteiger partial charge on any atom is -0.466 e. The molecular formula is C43H50NO6P. The van der Waals surface area contributed by atoms with Gasteiger partial charge in [0.05, 0.1) is 18.1 Å². The molecule has 3 unspecified atom stereocenters. The molecule has 4 fully saturated rings. The third-order valence-corrected chi connectivity index (χ3v) is 14.2. The molecule has 0 spiro atoms. The average molecular weight is 708 g/mol. The fourth-order valence-corrected chi connectivity index (χ4v) is 12.4. The van der Waals surface area contributed by atoms with E-state index in [4.69, 9.17) is 14.0 Å². The van der Waals surface area contributed by atoms with Crippen LogP contribution < -0.4 is 5.32 Å². The lowest BCUT2D eigenvalue weighted by Crippen LogP contribution is -2.52. The molecule has 4 aromatic rings. The van der Waals surface area contributed by atoms with Crippen LogP contribution in [0.1, 0.15) is 68.6 Å². The van der Waals surface area contributed by atoms with Crippen molar-refractivity contribution in [1.82, 2.24) is 5.32 Å². The Bertz CT molecular complexity index is 1810. The highest BCUT2D eigenvalue weighted by atomic mass is 31.2. The number of hydrogen-bond donors (Lipinski definition) is 1. The van der Waals surface area contributed by atoms with Crippen molar-refractivity contribution in [3.63, 3.8) is 0 Å². The largest absolute Gasteiger partial charge is 0.466 e. The van der Waals surface area contributed by atoms with Crippen molar-refractivity contribution in [3.8, 4) is 0 Å². The highest BCUT2D eigenvalue weighted by Gasteiger charge is 2.56. The summed E-state index contributed by atoms with van der Waals surface area (Å²) in [5.74, 6) is -0.262. The molecular weight excluding hydrogens is 657 g/mol. The number of hydrogen-bond acceptors (Lipinski definition) is 6. The summed E-state index contributed by atoms with van der Waals surface area (Å²) in [6.07, 6.45) is 6.93. The first-order chi connectivity index (χ1) is 24.8. The Morgan fingerprint density at radius 2 is 1.37 bits per heavy atom. The van der Waals surface area contributed by atoms with E-state index in [1.54, 1.807) is 6.92 Å². The molecule has 4 saturated carbocycles. The SMILES string of the molecule is CCOC(=O)C(CCc1ccc2ccccc2c1)CP(=O)(OC12CC3CC(CC(C3)C1)C2)C(Cc1ccccc1)NC(=O)OCc1ccccc1. The van der Waals surface area contributed by atoms with Gasteiger partial charge in [0, 0.05) is 12.6 Å². The van der Waals surface area contributed by atoms with Crippen LogP contribution in [0.15, 0.2) is 103 Å². The molecule has 8 rings (SSSR count). The summed E-state index contributed by atoms with van der Waals surface area (Å²) < 4.78 is 34.5. The maximum Gasteiger partial charge on any atom is 0.408 e. The van der Waals surface area contributed by atoms with Crippen LogP contribution in [0.25, 0.3) is 10.8 Å². The summed E-state index contributed by atoms with van der Waals surface area (Å²) in [4.78, 5) is 27.3. The van der Waals surface area contributed by atoms with Crippen molar-refractivity contribution < 1.29 is 28.2 Å². The van der Waals surface area contributed by atoms with Crippen LogP contribution in [0, 0.1) is 23.7 Å². The highest BCUT2D eigenvalue weighted by Crippen LogP contribution is 2.65. The van der Waals surface area contributed by atoms with Gasteiger partial charge in [-0.25, -0.2) is 4.79 Å². The second-order valence-electron chi connectivity index (χ2n) is 15.2. The quantitative estimate of drug-likeness (QED) is 0.0978. The number of ether oxygens (including phenoxy) is 2. The van der Waals surface area contributed by atoms with Gasteiger partial charge in [0.1, 0.15) is 12.4 Å². The fraction of sp³-hybridized carbons (Fsp3) is 0.442. The molecule has 268 valence electrons. The van der Waals surface area contributed by atoms with Crippen LogP contribution in [0.3, 0.4) is 0 Å². The molecule has 0 aliphatic heterocycles. The van der Waals surface area contributed by atoms with Gasteiger partial charge < -0.3 is 19.3 Å². The third-order valence-electron chi connectivity index (χ3n) is 11.3. The lowest BCUT2D eigenvalue weighted by atomic mass is 9.54. The molecule has 1 amide bonds. The third kappa shape index (κ3) is 8.76. The summed E-state index contributed by atoms with van der Waals surface area (Å²) in [5, 5.41) is 5.32. The van der Waals surface area contributed by atoms with Gasteiger partial charge in [-0.2, -0.15) is 0 Å². The lowest BCUT2D eigenvalue weighted by molar-refractivity contribution is -0.147. The van der Waals surface area contributed by atoms with Gasteiger partial charge >= 0.3 is 12.1 Å². The molecule has 51 heavy (non-hydrogen) atoms. The number of rotatable bonds is 15. The van der Waals surface area contributed by atoms with Gasteiger partial charge in [0.15, 0.2) is 0 Å². The normalized spacial score (nSPS) is 24.4. The molecule has 1 N–H and O–H groups in total. The van der Waals surface area contributed by atoms with Crippen LogP contribution in [0.4, 0.5) is 4.79 Å². The molecule has 3 atom stereocenters. The van der Waals surface area contributed by atoms with Gasteiger partial charge in [-0.05, 0) is 104 Å². The topological polar surface area (TPSA) is 90.9 Å². The number of carbonyl (C=O) groups excluding carboxylic acids is 2. The average Bonchev–Trinajstić information content (AvgIpc) is 3.12. The number of nitrogens with one attached hydrogen (secondary N) is 1. The first-order valence-corrected chi connectivity index (χ1v) is 20.6. The fourth-order valence-electron chi connectivity index (χ4n) is 9.31. The number of benzene rings is 4. The maximum absolute atomic E-state index is 16.0. The predicted molar refractivity (Wildman–Crippen MR) is 201 cm³/mol. The number of esters is 1. The monoisotopic (exact) mass is 707 g/mol. The second-order valence-corrected chi connectivity index (χ2v) is 17.8. The Balaban J connectivity index is 1.20.